The van der Waals surface area contributed by atoms with Crippen LogP contribution in [0.1, 0.15) is 38.3 Å². The molecule has 0 unspecified atom stereocenters. The summed E-state index contributed by atoms with van der Waals surface area (Å²) < 4.78 is 0. The quantitative estimate of drug-likeness (QED) is 0.263. The number of carbonyl (C=O) groups excluding carboxylic acids is 2. The van der Waals surface area contributed by atoms with E-state index in [1.165, 1.54) is 4.90 Å². The van der Waals surface area contributed by atoms with Crippen molar-refractivity contribution in [1.29, 1.82) is 0 Å². The highest BCUT2D eigenvalue weighted by Crippen LogP contribution is 2.29. The Balaban J connectivity index is 1.63. The third-order valence-electron chi connectivity index (χ3n) is 6.08. The van der Waals surface area contributed by atoms with Crippen molar-refractivity contribution >= 4 is 29.4 Å². The zero-order valence-corrected chi connectivity index (χ0v) is 21.4. The molecule has 2 N–H and O–H groups in total. The van der Waals surface area contributed by atoms with E-state index >= 15 is 0 Å². The van der Waals surface area contributed by atoms with Crippen LogP contribution in [-0.2, 0) is 17.9 Å². The predicted molar refractivity (Wildman–Crippen MR) is 148 cm³/mol. The summed E-state index contributed by atoms with van der Waals surface area (Å²) in [5.74, 6) is -1.56. The molecule has 0 fully saturated rings. The van der Waals surface area contributed by atoms with Crippen LogP contribution < -0.4 is 5.32 Å². The fourth-order valence-corrected chi connectivity index (χ4v) is 4.28. The normalized spacial score (nSPS) is 10.6. The summed E-state index contributed by atoms with van der Waals surface area (Å²) in [5, 5.41) is 12.8. The summed E-state index contributed by atoms with van der Waals surface area (Å²) >= 11 is 5.95. The molecule has 38 heavy (non-hydrogen) atoms. The number of carboxylic acid groups (broad SMARTS) is 1. The maximum Gasteiger partial charge on any atom is 0.305 e. The van der Waals surface area contributed by atoms with Crippen molar-refractivity contribution in [3.05, 3.63) is 130 Å². The van der Waals surface area contributed by atoms with Gasteiger partial charge in [-0.15, -0.1) is 0 Å². The maximum atomic E-state index is 13.8. The summed E-state index contributed by atoms with van der Waals surface area (Å²) in [6, 6.07) is 30.9. The molecule has 0 atom stereocenters. The van der Waals surface area contributed by atoms with E-state index in [4.69, 9.17) is 11.6 Å². The second kappa shape index (κ2) is 12.7. The summed E-state index contributed by atoms with van der Waals surface area (Å²) in [4.78, 5) is 39.9. The number of hydrogen-bond donors (Lipinski definition) is 2. The van der Waals surface area contributed by atoms with Gasteiger partial charge in [-0.3, -0.25) is 14.4 Å². The van der Waals surface area contributed by atoms with Crippen LogP contribution in [0.5, 0.6) is 0 Å². The highest BCUT2D eigenvalue weighted by Gasteiger charge is 2.22. The van der Waals surface area contributed by atoms with E-state index in [0.717, 1.165) is 11.1 Å². The average Bonchev–Trinajstić information content (AvgIpc) is 2.95. The van der Waals surface area contributed by atoms with E-state index < -0.39 is 5.97 Å². The summed E-state index contributed by atoms with van der Waals surface area (Å²) in [5.41, 5.74) is 3.84. The third kappa shape index (κ3) is 6.87. The van der Waals surface area contributed by atoms with Crippen molar-refractivity contribution in [2.45, 2.75) is 19.5 Å². The van der Waals surface area contributed by atoms with Crippen molar-refractivity contribution in [3.8, 4) is 11.1 Å². The molecule has 0 aliphatic rings. The lowest BCUT2D eigenvalue weighted by atomic mass is 9.94. The highest BCUT2D eigenvalue weighted by atomic mass is 35.5. The van der Waals surface area contributed by atoms with Crippen LogP contribution in [0.3, 0.4) is 0 Å². The molecule has 0 bridgehead atoms. The number of benzene rings is 4. The first-order chi connectivity index (χ1) is 18.4. The minimum Gasteiger partial charge on any atom is -0.481 e. The Morgan fingerprint density at radius 3 is 1.95 bits per heavy atom. The molecule has 2 amide bonds. The van der Waals surface area contributed by atoms with Gasteiger partial charge >= 0.3 is 5.97 Å². The fourth-order valence-electron chi connectivity index (χ4n) is 4.16. The van der Waals surface area contributed by atoms with Crippen LogP contribution in [0.2, 0.25) is 5.02 Å². The first-order valence-electron chi connectivity index (χ1n) is 12.2. The zero-order chi connectivity index (χ0) is 26.9. The Kier molecular flexibility index (Phi) is 8.90. The SMILES string of the molecule is O=C(O)CCN(Cc1ccccc1)C(=O)c1ccccc1-c1ccccc1C(=O)NCc1ccc(Cl)cc1. The van der Waals surface area contributed by atoms with Crippen molar-refractivity contribution in [2.24, 2.45) is 0 Å². The number of carbonyl (C=O) groups is 3. The Morgan fingerprint density at radius 1 is 0.711 bits per heavy atom. The van der Waals surface area contributed by atoms with E-state index in [-0.39, 0.29) is 31.3 Å². The molecule has 0 aliphatic heterocycles. The molecule has 6 nitrogen and oxygen atoms in total. The number of aliphatic carboxylic acids is 1. The lowest BCUT2D eigenvalue weighted by Crippen LogP contribution is -2.33. The molecule has 0 spiro atoms. The van der Waals surface area contributed by atoms with Gasteiger partial charge in [-0.1, -0.05) is 90.5 Å². The minimum atomic E-state index is -0.980. The smallest absolute Gasteiger partial charge is 0.305 e. The minimum absolute atomic E-state index is 0.0562. The number of hydrogen-bond acceptors (Lipinski definition) is 3. The van der Waals surface area contributed by atoms with E-state index in [2.05, 4.69) is 5.32 Å². The van der Waals surface area contributed by atoms with Gasteiger partial charge in [0.05, 0.1) is 6.42 Å². The Labute approximate surface area is 226 Å². The molecule has 0 saturated carbocycles. The number of nitrogens with zero attached hydrogens (tertiary/aromatic N) is 1. The predicted octanol–water partition coefficient (Wildman–Crippen LogP) is 6.05. The van der Waals surface area contributed by atoms with Gasteiger partial charge in [-0.2, -0.15) is 0 Å². The number of rotatable bonds is 10. The molecule has 7 heteroatoms. The lowest BCUT2D eigenvalue weighted by Gasteiger charge is -2.24. The Bertz CT molecular complexity index is 1420. The third-order valence-corrected chi connectivity index (χ3v) is 6.34. The van der Waals surface area contributed by atoms with Crippen LogP contribution in [0.25, 0.3) is 11.1 Å². The van der Waals surface area contributed by atoms with E-state index in [1.54, 1.807) is 42.5 Å². The van der Waals surface area contributed by atoms with Gasteiger partial charge in [0.15, 0.2) is 0 Å². The molecule has 0 radical (unpaired) electrons. The van der Waals surface area contributed by atoms with Gasteiger partial charge in [0.1, 0.15) is 0 Å². The Morgan fingerprint density at radius 2 is 1.29 bits per heavy atom. The van der Waals surface area contributed by atoms with Crippen molar-refractivity contribution < 1.29 is 19.5 Å². The van der Waals surface area contributed by atoms with Crippen molar-refractivity contribution in [3.63, 3.8) is 0 Å². The monoisotopic (exact) mass is 526 g/mol. The molecule has 0 aliphatic carbocycles. The van der Waals surface area contributed by atoms with E-state index in [9.17, 15) is 19.5 Å². The van der Waals surface area contributed by atoms with Gasteiger partial charge in [0.25, 0.3) is 11.8 Å². The first-order valence-corrected chi connectivity index (χ1v) is 12.6. The molecule has 4 rings (SSSR count). The average molecular weight is 527 g/mol. The van der Waals surface area contributed by atoms with Crippen molar-refractivity contribution in [1.82, 2.24) is 10.2 Å². The maximum absolute atomic E-state index is 13.8. The number of amides is 2. The lowest BCUT2D eigenvalue weighted by molar-refractivity contribution is -0.137. The topological polar surface area (TPSA) is 86.7 Å². The van der Waals surface area contributed by atoms with Crippen LogP contribution in [0, 0.1) is 0 Å². The van der Waals surface area contributed by atoms with Gasteiger partial charge in [-0.25, -0.2) is 0 Å². The molecule has 0 saturated heterocycles. The van der Waals surface area contributed by atoms with Crippen molar-refractivity contribution in [2.75, 3.05) is 6.54 Å². The van der Waals surface area contributed by atoms with Gasteiger partial charge in [0, 0.05) is 35.8 Å². The van der Waals surface area contributed by atoms with Crippen LogP contribution >= 0.6 is 11.6 Å². The molecule has 0 aromatic heterocycles. The number of nitrogens with one attached hydrogen (secondary N) is 1. The Hall–Kier alpha value is -4.42. The van der Waals surface area contributed by atoms with Crippen LogP contribution in [0.4, 0.5) is 0 Å². The van der Waals surface area contributed by atoms with E-state index in [1.807, 2.05) is 60.7 Å². The second-order valence-electron chi connectivity index (χ2n) is 8.76. The summed E-state index contributed by atoms with van der Waals surface area (Å²) in [6.45, 7) is 0.649. The number of halogens is 1. The van der Waals surface area contributed by atoms with Gasteiger partial charge in [-0.05, 0) is 46.5 Å². The second-order valence-corrected chi connectivity index (χ2v) is 9.19. The summed E-state index contributed by atoms with van der Waals surface area (Å²) in [6.07, 6.45) is -0.176. The molecule has 4 aromatic carbocycles. The van der Waals surface area contributed by atoms with Gasteiger partial charge in [0.2, 0.25) is 0 Å². The fraction of sp³-hybridized carbons (Fsp3) is 0.129. The van der Waals surface area contributed by atoms with E-state index in [0.29, 0.717) is 33.8 Å². The standard InChI is InChI=1S/C31H27ClN2O4/c32-24-16-14-22(15-17-24)20-33-30(37)27-12-6-4-10-25(27)26-11-5-7-13-28(26)31(38)34(19-18-29(35)36)21-23-8-2-1-3-9-23/h1-17H,18-21H2,(H,33,37)(H,35,36). The largest absolute Gasteiger partial charge is 0.481 e. The number of carboxylic acids is 1. The van der Waals surface area contributed by atoms with Crippen LogP contribution in [0.15, 0.2) is 103 Å². The molecule has 192 valence electrons. The molecule has 0 heterocycles. The molecule has 4 aromatic rings. The van der Waals surface area contributed by atoms with Crippen LogP contribution in [-0.4, -0.2) is 34.3 Å². The molecular formula is C31H27ClN2O4. The highest BCUT2D eigenvalue weighted by molar-refractivity contribution is 6.30. The summed E-state index contributed by atoms with van der Waals surface area (Å²) in [7, 11) is 0. The molecular weight excluding hydrogens is 500 g/mol. The van der Waals surface area contributed by atoms with Gasteiger partial charge < -0.3 is 15.3 Å². The first kappa shape index (κ1) is 26.6. The zero-order valence-electron chi connectivity index (χ0n) is 20.6.